The predicted molar refractivity (Wildman–Crippen MR) is 76.1 cm³/mol. The summed E-state index contributed by atoms with van der Waals surface area (Å²) in [6, 6.07) is 5.94. The standard InChI is InChI=1S/C14H15FN4O2/c1-9-11(6-10-2-4-12(15)5-3-10)7-14(21)19(18-9)8-13(20)17-16/h2-6H,7-8,16H2,1H3,(H,17,20)/b11-6-. The zero-order chi connectivity index (χ0) is 15.4. The molecular weight excluding hydrogens is 275 g/mol. The van der Waals surface area contributed by atoms with E-state index >= 15 is 0 Å². The van der Waals surface area contributed by atoms with Crippen molar-refractivity contribution in [3.63, 3.8) is 0 Å². The molecule has 1 heterocycles. The monoisotopic (exact) mass is 290 g/mol. The Kier molecular flexibility index (Phi) is 4.44. The van der Waals surface area contributed by atoms with Gasteiger partial charge in [-0.05, 0) is 36.3 Å². The third kappa shape index (κ3) is 3.73. The highest BCUT2D eigenvalue weighted by Gasteiger charge is 2.23. The van der Waals surface area contributed by atoms with Crippen LogP contribution in [0.15, 0.2) is 34.9 Å². The van der Waals surface area contributed by atoms with E-state index in [1.54, 1.807) is 25.1 Å². The number of nitrogens with one attached hydrogen (secondary N) is 1. The highest BCUT2D eigenvalue weighted by Crippen LogP contribution is 2.18. The van der Waals surface area contributed by atoms with Crippen LogP contribution in [-0.2, 0) is 9.59 Å². The first-order valence-electron chi connectivity index (χ1n) is 6.31. The molecule has 1 aliphatic rings. The Morgan fingerprint density at radius 2 is 2.14 bits per heavy atom. The average molecular weight is 290 g/mol. The van der Waals surface area contributed by atoms with Crippen LogP contribution in [0.5, 0.6) is 0 Å². The topological polar surface area (TPSA) is 87.8 Å². The smallest absolute Gasteiger partial charge is 0.255 e. The summed E-state index contributed by atoms with van der Waals surface area (Å²) in [6.07, 6.45) is 1.90. The van der Waals surface area contributed by atoms with Crippen LogP contribution in [0.3, 0.4) is 0 Å². The molecule has 6 nitrogen and oxygen atoms in total. The summed E-state index contributed by atoms with van der Waals surface area (Å²) >= 11 is 0. The van der Waals surface area contributed by atoms with Gasteiger partial charge in [0, 0.05) is 0 Å². The van der Waals surface area contributed by atoms with Gasteiger partial charge in [-0.3, -0.25) is 15.0 Å². The van der Waals surface area contributed by atoms with Crippen LogP contribution >= 0.6 is 0 Å². The molecule has 110 valence electrons. The molecular formula is C14H15FN4O2. The van der Waals surface area contributed by atoms with E-state index < -0.39 is 5.91 Å². The fourth-order valence-electron chi connectivity index (χ4n) is 1.90. The van der Waals surface area contributed by atoms with Gasteiger partial charge in [-0.1, -0.05) is 12.1 Å². The van der Waals surface area contributed by atoms with E-state index in [4.69, 9.17) is 5.84 Å². The Labute approximate surface area is 121 Å². The SMILES string of the molecule is CC1=NN(CC(=O)NN)C(=O)C/C1=C/c1ccc(F)cc1. The van der Waals surface area contributed by atoms with Gasteiger partial charge in [-0.15, -0.1) is 0 Å². The van der Waals surface area contributed by atoms with E-state index in [1.807, 2.05) is 5.43 Å². The van der Waals surface area contributed by atoms with E-state index in [1.165, 1.54) is 12.1 Å². The summed E-state index contributed by atoms with van der Waals surface area (Å²) in [5.41, 5.74) is 4.09. The number of halogens is 1. The lowest BCUT2D eigenvalue weighted by Gasteiger charge is -2.23. The maximum Gasteiger partial charge on any atom is 0.255 e. The summed E-state index contributed by atoms with van der Waals surface area (Å²) in [6.45, 7) is 1.53. The molecule has 0 saturated carbocycles. The second-order valence-corrected chi connectivity index (χ2v) is 4.60. The maximum absolute atomic E-state index is 12.9. The van der Waals surface area contributed by atoms with Crippen molar-refractivity contribution in [2.24, 2.45) is 10.9 Å². The first-order valence-corrected chi connectivity index (χ1v) is 6.31. The molecule has 3 N–H and O–H groups in total. The molecule has 0 atom stereocenters. The lowest BCUT2D eigenvalue weighted by molar-refractivity contribution is -0.135. The maximum atomic E-state index is 12.9. The second-order valence-electron chi connectivity index (χ2n) is 4.60. The number of nitrogens with two attached hydrogens (primary N) is 1. The summed E-state index contributed by atoms with van der Waals surface area (Å²) < 4.78 is 12.9. The zero-order valence-corrected chi connectivity index (χ0v) is 11.5. The average Bonchev–Trinajstić information content (AvgIpc) is 2.46. The number of hydrogen-bond acceptors (Lipinski definition) is 4. The number of benzene rings is 1. The van der Waals surface area contributed by atoms with E-state index in [0.29, 0.717) is 5.71 Å². The van der Waals surface area contributed by atoms with Crippen LogP contribution in [0.4, 0.5) is 4.39 Å². The molecule has 21 heavy (non-hydrogen) atoms. The molecule has 7 heteroatoms. The fraction of sp³-hybridized carbons (Fsp3) is 0.214. The molecule has 0 radical (unpaired) electrons. The Morgan fingerprint density at radius 1 is 1.48 bits per heavy atom. The summed E-state index contributed by atoms with van der Waals surface area (Å²) in [4.78, 5) is 23.1. The minimum Gasteiger partial charge on any atom is -0.293 e. The van der Waals surface area contributed by atoms with Crippen LogP contribution in [-0.4, -0.2) is 29.1 Å². The Hall–Kier alpha value is -2.54. The van der Waals surface area contributed by atoms with Crippen LogP contribution in [0.2, 0.25) is 0 Å². The molecule has 1 aliphatic heterocycles. The van der Waals surface area contributed by atoms with E-state index in [2.05, 4.69) is 5.10 Å². The molecule has 0 saturated heterocycles. The van der Waals surface area contributed by atoms with Gasteiger partial charge < -0.3 is 0 Å². The van der Waals surface area contributed by atoms with Gasteiger partial charge in [-0.25, -0.2) is 15.2 Å². The Balaban J connectivity index is 2.20. The summed E-state index contributed by atoms with van der Waals surface area (Å²) in [5, 5.41) is 5.17. The van der Waals surface area contributed by atoms with Gasteiger partial charge in [0.25, 0.3) is 5.91 Å². The molecule has 1 aromatic rings. The third-order valence-corrected chi connectivity index (χ3v) is 3.03. The molecule has 1 aromatic carbocycles. The fourth-order valence-corrected chi connectivity index (χ4v) is 1.90. The number of carbonyl (C=O) groups excluding carboxylic acids is 2. The predicted octanol–water partition coefficient (Wildman–Crippen LogP) is 0.807. The van der Waals surface area contributed by atoms with Crippen LogP contribution < -0.4 is 11.3 Å². The molecule has 2 amide bonds. The van der Waals surface area contributed by atoms with Crippen molar-refractivity contribution in [1.82, 2.24) is 10.4 Å². The quantitative estimate of drug-likeness (QED) is 0.490. The van der Waals surface area contributed by atoms with Crippen molar-refractivity contribution in [2.75, 3.05) is 6.54 Å². The Bertz CT molecular complexity index is 622. The van der Waals surface area contributed by atoms with Crippen LogP contribution in [0.25, 0.3) is 6.08 Å². The number of hydrazone groups is 1. The third-order valence-electron chi connectivity index (χ3n) is 3.03. The molecule has 2 rings (SSSR count). The number of carbonyl (C=O) groups is 2. The number of hydrazine groups is 1. The minimum absolute atomic E-state index is 0.130. The number of rotatable bonds is 3. The first kappa shape index (κ1) is 14.9. The van der Waals surface area contributed by atoms with Crippen molar-refractivity contribution in [3.05, 3.63) is 41.2 Å². The molecule has 0 spiro atoms. The first-order chi connectivity index (χ1) is 9.99. The highest BCUT2D eigenvalue weighted by molar-refractivity contribution is 6.08. The van der Waals surface area contributed by atoms with Crippen molar-refractivity contribution < 1.29 is 14.0 Å². The van der Waals surface area contributed by atoms with Crippen molar-refractivity contribution in [3.8, 4) is 0 Å². The van der Waals surface area contributed by atoms with E-state index in [0.717, 1.165) is 16.1 Å². The zero-order valence-electron chi connectivity index (χ0n) is 11.5. The van der Waals surface area contributed by atoms with Gasteiger partial charge in [0.05, 0.1) is 12.1 Å². The highest BCUT2D eigenvalue weighted by atomic mass is 19.1. The minimum atomic E-state index is -0.495. The Morgan fingerprint density at radius 3 is 2.76 bits per heavy atom. The molecule has 0 aromatic heterocycles. The van der Waals surface area contributed by atoms with Gasteiger partial charge in [-0.2, -0.15) is 5.10 Å². The molecule has 0 unspecified atom stereocenters. The largest absolute Gasteiger partial charge is 0.293 e. The van der Waals surface area contributed by atoms with E-state index in [-0.39, 0.29) is 24.7 Å². The lowest BCUT2D eigenvalue weighted by Crippen LogP contribution is -2.42. The normalized spacial score (nSPS) is 16.9. The van der Waals surface area contributed by atoms with Crippen molar-refractivity contribution in [1.29, 1.82) is 0 Å². The second kappa shape index (κ2) is 6.27. The van der Waals surface area contributed by atoms with Crippen molar-refractivity contribution >= 4 is 23.6 Å². The number of hydrogen-bond donors (Lipinski definition) is 2. The van der Waals surface area contributed by atoms with Crippen LogP contribution in [0, 0.1) is 5.82 Å². The summed E-state index contributed by atoms with van der Waals surface area (Å²) in [7, 11) is 0. The molecule has 0 fully saturated rings. The number of amides is 2. The lowest BCUT2D eigenvalue weighted by atomic mass is 10.0. The van der Waals surface area contributed by atoms with Crippen LogP contribution in [0.1, 0.15) is 18.9 Å². The van der Waals surface area contributed by atoms with Gasteiger partial charge in [0.1, 0.15) is 12.4 Å². The van der Waals surface area contributed by atoms with Crippen molar-refractivity contribution in [2.45, 2.75) is 13.3 Å². The molecule has 0 bridgehead atoms. The number of nitrogens with zero attached hydrogens (tertiary/aromatic N) is 2. The van der Waals surface area contributed by atoms with Gasteiger partial charge >= 0.3 is 0 Å². The summed E-state index contributed by atoms with van der Waals surface area (Å²) in [5.74, 6) is 3.88. The molecule has 0 aliphatic carbocycles. The van der Waals surface area contributed by atoms with Gasteiger partial charge in [0.15, 0.2) is 0 Å². The van der Waals surface area contributed by atoms with Gasteiger partial charge in [0.2, 0.25) is 5.91 Å². The van der Waals surface area contributed by atoms with E-state index in [9.17, 15) is 14.0 Å².